The van der Waals surface area contributed by atoms with Crippen molar-refractivity contribution in [3.8, 4) is 0 Å². The molecule has 2 unspecified atom stereocenters. The molecule has 0 aliphatic heterocycles. The average Bonchev–Trinajstić information content (AvgIpc) is 1.27. The summed E-state index contributed by atoms with van der Waals surface area (Å²) in [5, 5.41) is 10.6. The lowest BCUT2D eigenvalue weighted by Crippen LogP contribution is -2.30. The highest BCUT2D eigenvalue weighted by Crippen LogP contribution is 2.45. The fourth-order valence-electron chi connectivity index (χ4n) is 12.2. The molecule has 0 aliphatic carbocycles. The zero-order valence-electron chi connectivity index (χ0n) is 64.1. The number of unbranched alkanes of at least 4 members (excludes halogenated alkanes) is 48. The zero-order chi connectivity index (χ0) is 72.1. The number of esters is 4. The molecular weight excluding hydrogens is 1280 g/mol. The third-order valence-corrected chi connectivity index (χ3v) is 20.4. The number of hydrogen-bond acceptors (Lipinski definition) is 15. The first-order valence-electron chi connectivity index (χ1n) is 41.0. The summed E-state index contributed by atoms with van der Waals surface area (Å²) in [6.07, 6.45) is 59.7. The summed E-state index contributed by atoms with van der Waals surface area (Å²) in [7, 11) is -9.92. The van der Waals surface area contributed by atoms with Gasteiger partial charge in [-0.05, 0) is 37.5 Å². The van der Waals surface area contributed by atoms with Crippen molar-refractivity contribution in [3.05, 3.63) is 0 Å². The van der Waals surface area contributed by atoms with Crippen LogP contribution in [0.4, 0.5) is 0 Å². The largest absolute Gasteiger partial charge is 0.472 e. The molecule has 5 atom stereocenters. The number of aliphatic hydroxyl groups is 1. The molecule has 0 saturated carbocycles. The molecule has 0 aliphatic rings. The Balaban J connectivity index is 5.24. The highest BCUT2D eigenvalue weighted by atomic mass is 31.2. The summed E-state index contributed by atoms with van der Waals surface area (Å²) >= 11 is 0. The van der Waals surface area contributed by atoms with Crippen molar-refractivity contribution < 1.29 is 80.2 Å². The summed E-state index contributed by atoms with van der Waals surface area (Å²) in [5.74, 6) is -0.631. The molecule has 582 valence electrons. The van der Waals surface area contributed by atoms with Gasteiger partial charge in [-0.2, -0.15) is 0 Å². The number of carbonyl (C=O) groups is 4. The van der Waals surface area contributed by atoms with Gasteiger partial charge in [-0.25, -0.2) is 9.13 Å². The Hall–Kier alpha value is -1.94. The standard InChI is InChI=1S/C79H154O17P2/c1-7-9-11-13-15-17-19-21-23-24-25-26-28-30-32-38-45-51-57-63-78(83)95-74(67-89-76(81)61-55-49-43-37-31-29-27-22-20-18-16-14-12-10-8-2)69-93-97(85,86)91-65-73(80)66-92-98(87,88)94-70-75(96-79(84)64-58-52-46-40-34-36-42-48-54-60-72(5)6)68-90-77(82)62-56-50-44-39-33-35-41-47-53-59-71(3)4/h71-75,80H,7-70H2,1-6H3,(H,85,86)(H,87,88)/t73-,74-,75-/m1/s1. The molecule has 0 heterocycles. The molecule has 3 N–H and O–H groups in total. The van der Waals surface area contributed by atoms with E-state index < -0.39 is 97.5 Å². The maximum Gasteiger partial charge on any atom is 0.472 e. The Bertz CT molecular complexity index is 1890. The van der Waals surface area contributed by atoms with Crippen LogP contribution in [0.1, 0.15) is 414 Å². The minimum Gasteiger partial charge on any atom is -0.462 e. The molecule has 0 aromatic carbocycles. The summed E-state index contributed by atoms with van der Waals surface area (Å²) in [6, 6.07) is 0. The molecule has 19 heteroatoms. The van der Waals surface area contributed by atoms with Crippen molar-refractivity contribution in [2.45, 2.75) is 432 Å². The molecular formula is C79H154O17P2. The van der Waals surface area contributed by atoms with E-state index in [-0.39, 0.29) is 25.7 Å². The smallest absolute Gasteiger partial charge is 0.462 e. The number of aliphatic hydroxyl groups excluding tert-OH is 1. The quantitative estimate of drug-likeness (QED) is 0.0222. The van der Waals surface area contributed by atoms with Gasteiger partial charge in [0.25, 0.3) is 0 Å². The second-order valence-corrected chi connectivity index (χ2v) is 32.3. The van der Waals surface area contributed by atoms with Crippen molar-refractivity contribution >= 4 is 39.5 Å². The molecule has 0 aromatic heterocycles. The van der Waals surface area contributed by atoms with E-state index in [1.807, 2.05) is 0 Å². The molecule has 98 heavy (non-hydrogen) atoms. The first-order chi connectivity index (χ1) is 47.4. The van der Waals surface area contributed by atoms with Crippen LogP contribution in [0, 0.1) is 11.8 Å². The van der Waals surface area contributed by atoms with Gasteiger partial charge in [0.1, 0.15) is 19.3 Å². The van der Waals surface area contributed by atoms with Crippen molar-refractivity contribution in [1.82, 2.24) is 0 Å². The molecule has 0 amide bonds. The van der Waals surface area contributed by atoms with E-state index in [1.165, 1.54) is 231 Å². The molecule has 0 fully saturated rings. The van der Waals surface area contributed by atoms with Gasteiger partial charge in [-0.15, -0.1) is 0 Å². The summed E-state index contributed by atoms with van der Waals surface area (Å²) in [5.41, 5.74) is 0. The number of phosphoric ester groups is 2. The maximum atomic E-state index is 13.1. The predicted octanol–water partition coefficient (Wildman–Crippen LogP) is 23.5. The van der Waals surface area contributed by atoms with Crippen LogP contribution >= 0.6 is 15.6 Å². The number of phosphoric acid groups is 2. The third kappa shape index (κ3) is 72.4. The van der Waals surface area contributed by atoms with Gasteiger partial charge >= 0.3 is 39.5 Å². The van der Waals surface area contributed by atoms with E-state index >= 15 is 0 Å². The Kier molecular flexibility index (Phi) is 69.3. The van der Waals surface area contributed by atoms with E-state index in [9.17, 15) is 43.2 Å². The lowest BCUT2D eigenvalue weighted by Gasteiger charge is -2.21. The normalized spacial score (nSPS) is 13.9. The average molecular weight is 1440 g/mol. The van der Waals surface area contributed by atoms with Gasteiger partial charge < -0.3 is 33.8 Å². The number of rotatable bonds is 78. The highest BCUT2D eigenvalue weighted by Gasteiger charge is 2.30. The third-order valence-electron chi connectivity index (χ3n) is 18.5. The van der Waals surface area contributed by atoms with Crippen LogP contribution in [0.3, 0.4) is 0 Å². The Morgan fingerprint density at radius 2 is 0.469 bits per heavy atom. The van der Waals surface area contributed by atoms with Crippen molar-refractivity contribution in [3.63, 3.8) is 0 Å². The summed E-state index contributed by atoms with van der Waals surface area (Å²) in [4.78, 5) is 73.0. The molecule has 0 radical (unpaired) electrons. The highest BCUT2D eigenvalue weighted by molar-refractivity contribution is 7.47. The van der Waals surface area contributed by atoms with Crippen LogP contribution in [0.15, 0.2) is 0 Å². The number of carbonyl (C=O) groups excluding carboxylic acids is 4. The fourth-order valence-corrected chi connectivity index (χ4v) is 13.8. The second kappa shape index (κ2) is 70.7. The topological polar surface area (TPSA) is 237 Å². The Labute approximate surface area is 600 Å². The molecule has 0 saturated heterocycles. The minimum absolute atomic E-state index is 0.105. The second-order valence-electron chi connectivity index (χ2n) is 29.4. The number of hydrogen-bond donors (Lipinski definition) is 3. The van der Waals surface area contributed by atoms with E-state index in [2.05, 4.69) is 41.5 Å². The first kappa shape index (κ1) is 96.1. The van der Waals surface area contributed by atoms with Crippen LogP contribution in [-0.2, 0) is 65.4 Å². The Morgan fingerprint density at radius 1 is 0.276 bits per heavy atom. The summed E-state index contributed by atoms with van der Waals surface area (Å²) < 4.78 is 68.7. The molecule has 0 bridgehead atoms. The molecule has 0 rings (SSSR count). The number of ether oxygens (including phenoxy) is 4. The van der Waals surface area contributed by atoms with Gasteiger partial charge in [0.2, 0.25) is 0 Å². The van der Waals surface area contributed by atoms with Gasteiger partial charge in [0.15, 0.2) is 12.2 Å². The van der Waals surface area contributed by atoms with E-state index in [1.54, 1.807) is 0 Å². The van der Waals surface area contributed by atoms with Crippen LogP contribution in [0.25, 0.3) is 0 Å². The molecule has 17 nitrogen and oxygen atoms in total. The van der Waals surface area contributed by atoms with Gasteiger partial charge in [-0.1, -0.05) is 363 Å². The molecule has 0 spiro atoms. The summed E-state index contributed by atoms with van der Waals surface area (Å²) in [6.45, 7) is 9.58. The first-order valence-corrected chi connectivity index (χ1v) is 44.0. The van der Waals surface area contributed by atoms with E-state index in [0.717, 1.165) is 102 Å². The van der Waals surface area contributed by atoms with E-state index in [0.29, 0.717) is 25.7 Å². The minimum atomic E-state index is -4.96. The van der Waals surface area contributed by atoms with Crippen LogP contribution in [0.2, 0.25) is 0 Å². The van der Waals surface area contributed by atoms with Gasteiger partial charge in [0.05, 0.1) is 26.4 Å². The van der Waals surface area contributed by atoms with Crippen LogP contribution < -0.4 is 0 Å². The monoisotopic (exact) mass is 1440 g/mol. The lowest BCUT2D eigenvalue weighted by atomic mass is 10.0. The van der Waals surface area contributed by atoms with Crippen LogP contribution in [-0.4, -0.2) is 96.7 Å². The lowest BCUT2D eigenvalue weighted by molar-refractivity contribution is -0.161. The maximum absolute atomic E-state index is 13.1. The van der Waals surface area contributed by atoms with Crippen LogP contribution in [0.5, 0.6) is 0 Å². The van der Waals surface area contributed by atoms with Gasteiger partial charge in [0, 0.05) is 25.7 Å². The van der Waals surface area contributed by atoms with Crippen molar-refractivity contribution in [2.24, 2.45) is 11.8 Å². The van der Waals surface area contributed by atoms with E-state index in [4.69, 9.17) is 37.0 Å². The van der Waals surface area contributed by atoms with Crippen molar-refractivity contribution in [1.29, 1.82) is 0 Å². The SMILES string of the molecule is CCCCCCCCCCCCCCCCCCCCCC(=O)O[C@H](COC(=O)CCCCCCCCCCCCCCCCC)COP(=O)(O)OC[C@@H](O)COP(=O)(O)OC[C@@H](COC(=O)CCCCCCCCCCCC(C)C)OC(=O)CCCCCCCCCCCC(C)C. The predicted molar refractivity (Wildman–Crippen MR) is 400 cm³/mol. The zero-order valence-corrected chi connectivity index (χ0v) is 65.9. The van der Waals surface area contributed by atoms with Gasteiger partial charge in [-0.3, -0.25) is 37.3 Å². The Morgan fingerprint density at radius 3 is 0.694 bits per heavy atom. The fraction of sp³-hybridized carbons (Fsp3) is 0.949. The molecule has 0 aromatic rings. The van der Waals surface area contributed by atoms with Crippen molar-refractivity contribution in [2.75, 3.05) is 39.6 Å².